The highest BCUT2D eigenvalue weighted by molar-refractivity contribution is 5.95. The molecule has 0 aromatic heterocycles. The Balaban J connectivity index is 1.90. The van der Waals surface area contributed by atoms with Crippen LogP contribution in [-0.4, -0.2) is 11.8 Å². The van der Waals surface area contributed by atoms with E-state index in [1.807, 2.05) is 0 Å². The zero-order valence-corrected chi connectivity index (χ0v) is 10.9. The molecule has 2 amide bonds. The molecule has 6 heteroatoms. The molecule has 0 aliphatic rings. The standard InChI is InChI=1S/C15H12F2N2O2/c16-11-5-3-4-10(8-11)9-14(20)18-19-15(21)12-6-1-2-7-13(12)17/h1-8H,9H2,(H,18,20)(H,19,21). The van der Waals surface area contributed by atoms with Gasteiger partial charge in [-0.3, -0.25) is 20.4 Å². The maximum Gasteiger partial charge on any atom is 0.272 e. The largest absolute Gasteiger partial charge is 0.273 e. The third kappa shape index (κ3) is 4.10. The molecule has 0 heterocycles. The average Bonchev–Trinajstić information content (AvgIpc) is 2.45. The second kappa shape index (κ2) is 6.60. The van der Waals surface area contributed by atoms with Gasteiger partial charge in [0.2, 0.25) is 5.91 Å². The average molecular weight is 290 g/mol. The highest BCUT2D eigenvalue weighted by Crippen LogP contribution is 2.06. The molecule has 0 saturated heterocycles. The molecule has 0 aliphatic heterocycles. The fourth-order valence-corrected chi connectivity index (χ4v) is 1.72. The molecule has 21 heavy (non-hydrogen) atoms. The number of amides is 2. The van der Waals surface area contributed by atoms with E-state index in [1.165, 1.54) is 36.4 Å². The first-order chi connectivity index (χ1) is 10.1. The second-order valence-electron chi connectivity index (χ2n) is 4.29. The summed E-state index contributed by atoms with van der Waals surface area (Å²) < 4.78 is 26.3. The predicted octanol–water partition coefficient (Wildman–Crippen LogP) is 1.97. The maximum absolute atomic E-state index is 13.3. The molecule has 0 spiro atoms. The minimum atomic E-state index is -0.763. The van der Waals surface area contributed by atoms with Crippen LogP contribution in [0.3, 0.4) is 0 Å². The minimum absolute atomic E-state index is 0.102. The minimum Gasteiger partial charge on any atom is -0.273 e. The lowest BCUT2D eigenvalue weighted by molar-refractivity contribution is -0.121. The van der Waals surface area contributed by atoms with Crippen molar-refractivity contribution in [3.05, 3.63) is 71.3 Å². The van der Waals surface area contributed by atoms with Gasteiger partial charge < -0.3 is 0 Å². The number of carbonyl (C=O) groups is 2. The van der Waals surface area contributed by atoms with E-state index in [2.05, 4.69) is 10.9 Å². The fourth-order valence-electron chi connectivity index (χ4n) is 1.72. The van der Waals surface area contributed by atoms with Gasteiger partial charge in [-0.25, -0.2) is 8.78 Å². The molecule has 108 valence electrons. The van der Waals surface area contributed by atoms with Gasteiger partial charge in [-0.05, 0) is 29.8 Å². The maximum atomic E-state index is 13.3. The predicted molar refractivity (Wildman–Crippen MR) is 72.1 cm³/mol. The monoisotopic (exact) mass is 290 g/mol. The molecule has 0 unspecified atom stereocenters. The van der Waals surface area contributed by atoms with Crippen molar-refractivity contribution in [2.75, 3.05) is 0 Å². The molecule has 0 aliphatic carbocycles. The number of carbonyl (C=O) groups excluding carboxylic acids is 2. The molecule has 2 N–H and O–H groups in total. The third-order valence-electron chi connectivity index (χ3n) is 2.69. The van der Waals surface area contributed by atoms with Crippen molar-refractivity contribution in [3.63, 3.8) is 0 Å². The molecule has 0 bridgehead atoms. The van der Waals surface area contributed by atoms with Crippen LogP contribution in [0, 0.1) is 11.6 Å². The number of hydrazine groups is 1. The van der Waals surface area contributed by atoms with Gasteiger partial charge >= 0.3 is 0 Å². The number of hydrogen-bond donors (Lipinski definition) is 2. The first-order valence-electron chi connectivity index (χ1n) is 6.14. The van der Waals surface area contributed by atoms with Crippen molar-refractivity contribution < 1.29 is 18.4 Å². The van der Waals surface area contributed by atoms with E-state index in [-0.39, 0.29) is 12.0 Å². The van der Waals surface area contributed by atoms with Crippen LogP contribution in [0.1, 0.15) is 15.9 Å². The normalized spacial score (nSPS) is 10.0. The first kappa shape index (κ1) is 14.6. The number of benzene rings is 2. The van der Waals surface area contributed by atoms with Gasteiger partial charge in [-0.1, -0.05) is 24.3 Å². The topological polar surface area (TPSA) is 58.2 Å². The lowest BCUT2D eigenvalue weighted by atomic mass is 10.1. The van der Waals surface area contributed by atoms with E-state index < -0.39 is 23.4 Å². The van der Waals surface area contributed by atoms with Gasteiger partial charge in [0.25, 0.3) is 5.91 Å². The Morgan fingerprint density at radius 2 is 1.71 bits per heavy atom. The van der Waals surface area contributed by atoms with Gasteiger partial charge in [-0.2, -0.15) is 0 Å². The molecular weight excluding hydrogens is 278 g/mol. The van der Waals surface area contributed by atoms with Crippen LogP contribution >= 0.6 is 0 Å². The lowest BCUT2D eigenvalue weighted by Gasteiger charge is -2.08. The Morgan fingerprint density at radius 3 is 2.43 bits per heavy atom. The van der Waals surface area contributed by atoms with E-state index in [0.29, 0.717) is 5.56 Å². The first-order valence-corrected chi connectivity index (χ1v) is 6.14. The number of hydrogen-bond acceptors (Lipinski definition) is 2. The molecule has 2 aromatic carbocycles. The molecule has 0 fully saturated rings. The summed E-state index contributed by atoms with van der Waals surface area (Å²) in [5.74, 6) is -2.43. The van der Waals surface area contributed by atoms with Crippen molar-refractivity contribution >= 4 is 11.8 Å². The van der Waals surface area contributed by atoms with Gasteiger partial charge in [-0.15, -0.1) is 0 Å². The summed E-state index contributed by atoms with van der Waals surface area (Å²) in [6, 6.07) is 10.9. The van der Waals surface area contributed by atoms with Crippen molar-refractivity contribution in [1.29, 1.82) is 0 Å². The second-order valence-corrected chi connectivity index (χ2v) is 4.29. The summed E-state index contributed by atoms with van der Waals surface area (Å²) >= 11 is 0. The van der Waals surface area contributed by atoms with Crippen LogP contribution in [0.25, 0.3) is 0 Å². The Bertz CT molecular complexity index is 674. The number of rotatable bonds is 3. The molecule has 0 radical (unpaired) electrons. The molecule has 0 saturated carbocycles. The van der Waals surface area contributed by atoms with E-state index >= 15 is 0 Å². The van der Waals surface area contributed by atoms with Crippen LogP contribution in [-0.2, 0) is 11.2 Å². The van der Waals surface area contributed by atoms with Crippen molar-refractivity contribution in [2.24, 2.45) is 0 Å². The molecule has 2 rings (SSSR count). The van der Waals surface area contributed by atoms with E-state index in [4.69, 9.17) is 0 Å². The quantitative estimate of drug-likeness (QED) is 0.849. The zero-order valence-electron chi connectivity index (χ0n) is 10.9. The molecule has 0 atom stereocenters. The van der Waals surface area contributed by atoms with Crippen molar-refractivity contribution in [2.45, 2.75) is 6.42 Å². The summed E-state index contributed by atoms with van der Waals surface area (Å²) in [4.78, 5) is 23.3. The third-order valence-corrected chi connectivity index (χ3v) is 2.69. The smallest absolute Gasteiger partial charge is 0.272 e. The Morgan fingerprint density at radius 1 is 0.952 bits per heavy atom. The fraction of sp³-hybridized carbons (Fsp3) is 0.0667. The van der Waals surface area contributed by atoms with E-state index in [1.54, 1.807) is 6.07 Å². The summed E-state index contributed by atoms with van der Waals surface area (Å²) in [5.41, 5.74) is 4.54. The molecule has 4 nitrogen and oxygen atoms in total. The highest BCUT2D eigenvalue weighted by atomic mass is 19.1. The van der Waals surface area contributed by atoms with Crippen LogP contribution in [0.4, 0.5) is 8.78 Å². The van der Waals surface area contributed by atoms with Gasteiger partial charge in [0.15, 0.2) is 0 Å². The summed E-state index contributed by atoms with van der Waals surface area (Å²) in [6.45, 7) is 0. The summed E-state index contributed by atoms with van der Waals surface area (Å²) in [7, 11) is 0. The molecular formula is C15H12F2N2O2. The van der Waals surface area contributed by atoms with Crippen LogP contribution in [0.15, 0.2) is 48.5 Å². The van der Waals surface area contributed by atoms with Crippen LogP contribution in [0.5, 0.6) is 0 Å². The number of nitrogens with one attached hydrogen (secondary N) is 2. The Hall–Kier alpha value is -2.76. The van der Waals surface area contributed by atoms with Crippen LogP contribution in [0.2, 0.25) is 0 Å². The van der Waals surface area contributed by atoms with Crippen molar-refractivity contribution in [1.82, 2.24) is 10.9 Å². The highest BCUT2D eigenvalue weighted by Gasteiger charge is 2.11. The van der Waals surface area contributed by atoms with Gasteiger partial charge in [0.1, 0.15) is 11.6 Å². The lowest BCUT2D eigenvalue weighted by Crippen LogP contribution is -2.42. The Kier molecular flexibility index (Phi) is 4.61. The summed E-state index contributed by atoms with van der Waals surface area (Å²) in [5, 5.41) is 0. The van der Waals surface area contributed by atoms with Crippen LogP contribution < -0.4 is 10.9 Å². The van der Waals surface area contributed by atoms with Gasteiger partial charge in [0.05, 0.1) is 12.0 Å². The van der Waals surface area contributed by atoms with Crippen molar-refractivity contribution in [3.8, 4) is 0 Å². The zero-order chi connectivity index (χ0) is 15.2. The summed E-state index contributed by atoms with van der Waals surface area (Å²) in [6.07, 6.45) is -0.102. The van der Waals surface area contributed by atoms with E-state index in [9.17, 15) is 18.4 Å². The van der Waals surface area contributed by atoms with E-state index in [0.717, 1.165) is 6.07 Å². The molecule has 2 aromatic rings. The van der Waals surface area contributed by atoms with Gasteiger partial charge in [0, 0.05) is 0 Å². The Labute approximate surface area is 119 Å². The SMILES string of the molecule is O=C(Cc1cccc(F)c1)NNC(=O)c1ccccc1F. The number of halogens is 2.